The molecule has 0 amide bonds. The van der Waals surface area contributed by atoms with Crippen molar-refractivity contribution in [2.75, 3.05) is 6.54 Å². The molecule has 0 saturated carbocycles. The standard InChI is InChI=1S/C12H15N/c1-3-11(2)9-13-10-12-7-5-4-6-8-12/h4-8,10H,2-3,9H2,1H3/b13-10+. The molecule has 1 nitrogen and oxygen atoms in total. The predicted molar refractivity (Wildman–Crippen MR) is 58.3 cm³/mol. The van der Waals surface area contributed by atoms with Gasteiger partial charge in [-0.15, -0.1) is 0 Å². The minimum atomic E-state index is 0.741. The van der Waals surface area contributed by atoms with Gasteiger partial charge in [0.1, 0.15) is 0 Å². The van der Waals surface area contributed by atoms with Crippen LogP contribution in [0.15, 0.2) is 47.5 Å². The highest BCUT2D eigenvalue weighted by atomic mass is 14.7. The van der Waals surface area contributed by atoms with Gasteiger partial charge in [-0.2, -0.15) is 0 Å². The van der Waals surface area contributed by atoms with Gasteiger partial charge < -0.3 is 0 Å². The van der Waals surface area contributed by atoms with Crippen molar-refractivity contribution >= 4 is 6.21 Å². The molecule has 0 N–H and O–H groups in total. The van der Waals surface area contributed by atoms with Gasteiger partial charge in [-0.05, 0) is 12.0 Å². The summed E-state index contributed by atoms with van der Waals surface area (Å²) in [6.07, 6.45) is 2.90. The third kappa shape index (κ3) is 3.70. The first-order valence-electron chi connectivity index (χ1n) is 4.54. The summed E-state index contributed by atoms with van der Waals surface area (Å²) in [4.78, 5) is 4.29. The normalized spacial score (nSPS) is 10.5. The summed E-state index contributed by atoms with van der Waals surface area (Å²) < 4.78 is 0. The number of hydrogen-bond donors (Lipinski definition) is 0. The van der Waals surface area contributed by atoms with Gasteiger partial charge in [0.15, 0.2) is 0 Å². The van der Waals surface area contributed by atoms with Gasteiger partial charge in [0.2, 0.25) is 0 Å². The van der Waals surface area contributed by atoms with Crippen LogP contribution in [0, 0.1) is 0 Å². The van der Waals surface area contributed by atoms with E-state index in [-0.39, 0.29) is 0 Å². The third-order valence-electron chi connectivity index (χ3n) is 1.85. The number of benzene rings is 1. The smallest absolute Gasteiger partial charge is 0.0597 e. The molecule has 0 unspecified atom stereocenters. The van der Waals surface area contributed by atoms with Gasteiger partial charge in [0, 0.05) is 6.21 Å². The molecule has 0 aliphatic carbocycles. The van der Waals surface area contributed by atoms with Crippen LogP contribution in [0.4, 0.5) is 0 Å². The largest absolute Gasteiger partial charge is 0.288 e. The molecule has 0 heterocycles. The zero-order chi connectivity index (χ0) is 9.52. The average molecular weight is 173 g/mol. The van der Waals surface area contributed by atoms with Gasteiger partial charge in [-0.1, -0.05) is 49.4 Å². The minimum Gasteiger partial charge on any atom is -0.288 e. The van der Waals surface area contributed by atoms with Crippen molar-refractivity contribution in [3.63, 3.8) is 0 Å². The van der Waals surface area contributed by atoms with E-state index < -0.39 is 0 Å². The second-order valence-corrected chi connectivity index (χ2v) is 2.98. The van der Waals surface area contributed by atoms with Crippen molar-refractivity contribution < 1.29 is 0 Å². The van der Waals surface area contributed by atoms with Crippen LogP contribution in [0.25, 0.3) is 0 Å². The lowest BCUT2D eigenvalue weighted by molar-refractivity contribution is 1.02. The van der Waals surface area contributed by atoms with Crippen LogP contribution >= 0.6 is 0 Å². The molecule has 1 aromatic rings. The Morgan fingerprint density at radius 1 is 1.38 bits per heavy atom. The van der Waals surface area contributed by atoms with Crippen LogP contribution in [-0.2, 0) is 0 Å². The number of aliphatic imine (C=N–C) groups is 1. The minimum absolute atomic E-state index is 0.741. The first-order chi connectivity index (χ1) is 6.33. The van der Waals surface area contributed by atoms with E-state index >= 15 is 0 Å². The maximum absolute atomic E-state index is 4.29. The lowest BCUT2D eigenvalue weighted by Crippen LogP contribution is -1.86. The predicted octanol–water partition coefficient (Wildman–Crippen LogP) is 3.07. The molecular weight excluding hydrogens is 158 g/mol. The third-order valence-corrected chi connectivity index (χ3v) is 1.85. The van der Waals surface area contributed by atoms with Gasteiger partial charge in [-0.3, -0.25) is 4.99 Å². The topological polar surface area (TPSA) is 12.4 Å². The second kappa shape index (κ2) is 5.31. The monoisotopic (exact) mass is 173 g/mol. The highest BCUT2D eigenvalue weighted by molar-refractivity contribution is 5.79. The fraction of sp³-hybridized carbons (Fsp3) is 0.250. The first kappa shape index (κ1) is 9.72. The van der Waals surface area contributed by atoms with E-state index in [9.17, 15) is 0 Å². The number of rotatable bonds is 4. The molecule has 0 atom stereocenters. The molecule has 0 bridgehead atoms. The molecule has 13 heavy (non-hydrogen) atoms. The van der Waals surface area contributed by atoms with Crippen LogP contribution in [-0.4, -0.2) is 12.8 Å². The lowest BCUT2D eigenvalue weighted by atomic mass is 10.2. The van der Waals surface area contributed by atoms with Gasteiger partial charge >= 0.3 is 0 Å². The van der Waals surface area contributed by atoms with Crippen LogP contribution in [0.3, 0.4) is 0 Å². The summed E-state index contributed by atoms with van der Waals surface area (Å²) in [5.74, 6) is 0. The van der Waals surface area contributed by atoms with Gasteiger partial charge in [-0.25, -0.2) is 0 Å². The second-order valence-electron chi connectivity index (χ2n) is 2.98. The maximum atomic E-state index is 4.29. The fourth-order valence-corrected chi connectivity index (χ4v) is 0.931. The molecule has 0 spiro atoms. The molecule has 1 aromatic carbocycles. The fourth-order valence-electron chi connectivity index (χ4n) is 0.931. The Morgan fingerprint density at radius 2 is 2.08 bits per heavy atom. The van der Waals surface area contributed by atoms with Gasteiger partial charge in [0.25, 0.3) is 0 Å². The van der Waals surface area contributed by atoms with Crippen molar-refractivity contribution in [3.8, 4) is 0 Å². The lowest BCUT2D eigenvalue weighted by Gasteiger charge is -1.95. The molecule has 1 heteroatoms. The summed E-state index contributed by atoms with van der Waals surface area (Å²) >= 11 is 0. The number of nitrogens with zero attached hydrogens (tertiary/aromatic N) is 1. The van der Waals surface area contributed by atoms with Crippen molar-refractivity contribution in [3.05, 3.63) is 48.0 Å². The van der Waals surface area contributed by atoms with Crippen LogP contribution < -0.4 is 0 Å². The summed E-state index contributed by atoms with van der Waals surface area (Å²) in [7, 11) is 0. The molecule has 0 aliphatic rings. The summed E-state index contributed by atoms with van der Waals surface area (Å²) in [6.45, 7) is 6.73. The van der Waals surface area contributed by atoms with E-state index in [2.05, 4.69) is 18.5 Å². The van der Waals surface area contributed by atoms with Crippen LogP contribution in [0.2, 0.25) is 0 Å². The molecule has 0 saturated heterocycles. The Labute approximate surface area is 79.8 Å². The quantitative estimate of drug-likeness (QED) is 0.490. The zero-order valence-electron chi connectivity index (χ0n) is 8.03. The van der Waals surface area contributed by atoms with E-state index in [1.807, 2.05) is 36.5 Å². The SMILES string of the molecule is C=C(CC)C/N=C/c1ccccc1. The first-order valence-corrected chi connectivity index (χ1v) is 4.54. The molecule has 1 rings (SSSR count). The molecule has 68 valence electrons. The Morgan fingerprint density at radius 3 is 2.69 bits per heavy atom. The summed E-state index contributed by atoms with van der Waals surface area (Å²) in [5, 5.41) is 0. The Bertz CT molecular complexity index is 285. The van der Waals surface area contributed by atoms with Crippen molar-refractivity contribution in [2.45, 2.75) is 13.3 Å². The van der Waals surface area contributed by atoms with E-state index in [1.165, 1.54) is 5.57 Å². The molecular formula is C12H15N. The van der Waals surface area contributed by atoms with E-state index in [0.717, 1.165) is 18.5 Å². The summed E-state index contributed by atoms with van der Waals surface area (Å²) in [5.41, 5.74) is 2.32. The number of hydrogen-bond acceptors (Lipinski definition) is 1. The van der Waals surface area contributed by atoms with Crippen LogP contribution in [0.5, 0.6) is 0 Å². The summed E-state index contributed by atoms with van der Waals surface area (Å²) in [6, 6.07) is 10.1. The van der Waals surface area contributed by atoms with E-state index in [0.29, 0.717) is 0 Å². The Hall–Kier alpha value is -1.37. The molecule has 0 fully saturated rings. The van der Waals surface area contributed by atoms with Gasteiger partial charge in [0.05, 0.1) is 6.54 Å². The zero-order valence-corrected chi connectivity index (χ0v) is 8.03. The van der Waals surface area contributed by atoms with E-state index in [4.69, 9.17) is 0 Å². The van der Waals surface area contributed by atoms with E-state index in [1.54, 1.807) is 0 Å². The molecule has 0 radical (unpaired) electrons. The maximum Gasteiger partial charge on any atom is 0.0597 e. The van der Waals surface area contributed by atoms with Crippen molar-refractivity contribution in [2.24, 2.45) is 4.99 Å². The Kier molecular flexibility index (Phi) is 3.97. The average Bonchev–Trinajstić information content (AvgIpc) is 2.19. The molecule has 0 aromatic heterocycles. The molecule has 0 aliphatic heterocycles. The van der Waals surface area contributed by atoms with Crippen LogP contribution in [0.1, 0.15) is 18.9 Å². The highest BCUT2D eigenvalue weighted by Gasteiger charge is 1.86. The Balaban J connectivity index is 2.45. The van der Waals surface area contributed by atoms with Crippen molar-refractivity contribution in [1.82, 2.24) is 0 Å². The van der Waals surface area contributed by atoms with Crippen molar-refractivity contribution in [1.29, 1.82) is 0 Å². The highest BCUT2D eigenvalue weighted by Crippen LogP contribution is 1.98.